The fourth-order valence-corrected chi connectivity index (χ4v) is 1.61. The van der Waals surface area contributed by atoms with Crippen molar-refractivity contribution in [3.05, 3.63) is 23.0 Å². The smallest absolute Gasteiger partial charge is 0.465 e. The fraction of sp³-hybridized carbons (Fsp3) is 0.400. The SMILES string of the molecule is COC(=O)c1c(CCl)ncc(OC(F)(F)F)c1C(F)F. The average molecular weight is 320 g/mol. The molecular weight excluding hydrogens is 313 g/mol. The molecule has 0 N–H and O–H groups in total. The lowest BCUT2D eigenvalue weighted by molar-refractivity contribution is -0.275. The molecule has 0 fully saturated rings. The number of pyridine rings is 1. The third-order valence-electron chi connectivity index (χ3n) is 2.12. The van der Waals surface area contributed by atoms with E-state index in [0.717, 1.165) is 7.11 Å². The van der Waals surface area contributed by atoms with E-state index >= 15 is 0 Å². The number of alkyl halides is 6. The Morgan fingerprint density at radius 1 is 1.45 bits per heavy atom. The largest absolute Gasteiger partial charge is 0.573 e. The number of aromatic nitrogens is 1. The first kappa shape index (κ1) is 16.4. The molecule has 0 unspecified atom stereocenters. The second kappa shape index (κ2) is 6.21. The predicted octanol–water partition coefficient (Wildman–Crippen LogP) is 3.44. The van der Waals surface area contributed by atoms with Crippen LogP contribution in [-0.4, -0.2) is 24.4 Å². The number of hydrogen-bond donors (Lipinski definition) is 0. The lowest BCUT2D eigenvalue weighted by Crippen LogP contribution is -2.21. The zero-order chi connectivity index (χ0) is 15.5. The monoisotopic (exact) mass is 319 g/mol. The van der Waals surface area contributed by atoms with E-state index in [9.17, 15) is 26.7 Å². The molecule has 10 heteroatoms. The molecule has 20 heavy (non-hydrogen) atoms. The Hall–Kier alpha value is -1.64. The van der Waals surface area contributed by atoms with Crippen LogP contribution in [-0.2, 0) is 10.6 Å². The Morgan fingerprint density at radius 2 is 2.05 bits per heavy atom. The maximum Gasteiger partial charge on any atom is 0.573 e. The van der Waals surface area contributed by atoms with E-state index in [-0.39, 0.29) is 5.69 Å². The summed E-state index contributed by atoms with van der Waals surface area (Å²) < 4.78 is 70.0. The number of carbonyl (C=O) groups is 1. The van der Waals surface area contributed by atoms with Gasteiger partial charge in [0, 0.05) is 0 Å². The van der Waals surface area contributed by atoms with E-state index in [0.29, 0.717) is 6.20 Å². The maximum absolute atomic E-state index is 13.0. The van der Waals surface area contributed by atoms with Gasteiger partial charge in [0.05, 0.1) is 36.0 Å². The third-order valence-corrected chi connectivity index (χ3v) is 2.37. The number of carbonyl (C=O) groups excluding carboxylic acids is 1. The molecule has 112 valence electrons. The van der Waals surface area contributed by atoms with E-state index < -0.39 is 41.5 Å². The van der Waals surface area contributed by atoms with E-state index in [1.807, 2.05) is 0 Å². The summed E-state index contributed by atoms with van der Waals surface area (Å²) >= 11 is 5.42. The Bertz CT molecular complexity index is 506. The first-order valence-corrected chi connectivity index (χ1v) is 5.44. The standard InChI is InChI=1S/C10H7ClF5NO3/c1-19-9(18)6-4(2-11)17-3-5(7(6)8(12)13)20-10(14,15)16/h3,8H,2H2,1H3. The Kier molecular flexibility index (Phi) is 5.09. The minimum absolute atomic E-state index is 0.330. The highest BCUT2D eigenvalue weighted by molar-refractivity contribution is 6.17. The summed E-state index contributed by atoms with van der Waals surface area (Å²) in [5.74, 6) is -3.02. The van der Waals surface area contributed by atoms with E-state index in [4.69, 9.17) is 11.6 Å². The van der Waals surface area contributed by atoms with Gasteiger partial charge in [0.15, 0.2) is 5.75 Å². The molecule has 0 bridgehead atoms. The van der Waals surface area contributed by atoms with Gasteiger partial charge in [0.25, 0.3) is 6.43 Å². The lowest BCUT2D eigenvalue weighted by atomic mass is 10.1. The number of esters is 1. The van der Waals surface area contributed by atoms with Crippen molar-refractivity contribution >= 4 is 17.6 Å². The van der Waals surface area contributed by atoms with Crippen LogP contribution in [0.4, 0.5) is 22.0 Å². The molecule has 1 rings (SSSR count). The summed E-state index contributed by atoms with van der Waals surface area (Å²) in [6.45, 7) is 0. The lowest BCUT2D eigenvalue weighted by Gasteiger charge is -2.16. The van der Waals surface area contributed by atoms with Crippen molar-refractivity contribution in [2.75, 3.05) is 7.11 Å². The fourth-order valence-electron chi connectivity index (χ4n) is 1.40. The highest BCUT2D eigenvalue weighted by atomic mass is 35.5. The minimum atomic E-state index is -5.21. The van der Waals surface area contributed by atoms with Gasteiger partial charge in [0.1, 0.15) is 0 Å². The van der Waals surface area contributed by atoms with Crippen LogP contribution >= 0.6 is 11.6 Å². The van der Waals surface area contributed by atoms with E-state index in [1.54, 1.807) is 0 Å². The van der Waals surface area contributed by atoms with Crippen LogP contribution in [0.5, 0.6) is 5.75 Å². The normalized spacial score (nSPS) is 11.6. The van der Waals surface area contributed by atoms with Crippen molar-refractivity contribution < 1.29 is 36.2 Å². The van der Waals surface area contributed by atoms with Crippen molar-refractivity contribution in [3.8, 4) is 5.75 Å². The van der Waals surface area contributed by atoms with Gasteiger partial charge in [-0.05, 0) is 0 Å². The quantitative estimate of drug-likeness (QED) is 0.484. The topological polar surface area (TPSA) is 48.4 Å². The van der Waals surface area contributed by atoms with Crippen molar-refractivity contribution in [1.82, 2.24) is 4.98 Å². The molecule has 1 heterocycles. The number of halogens is 6. The third kappa shape index (κ3) is 3.69. The Balaban J connectivity index is 3.51. The van der Waals surface area contributed by atoms with E-state index in [2.05, 4.69) is 14.5 Å². The summed E-state index contributed by atoms with van der Waals surface area (Å²) in [5, 5.41) is 0. The Labute approximate surface area is 114 Å². The maximum atomic E-state index is 13.0. The number of hydrogen-bond acceptors (Lipinski definition) is 4. The highest BCUT2D eigenvalue weighted by Gasteiger charge is 2.36. The first-order chi connectivity index (χ1) is 9.21. The second-order valence-electron chi connectivity index (χ2n) is 3.33. The van der Waals surface area contributed by atoms with E-state index in [1.165, 1.54) is 0 Å². The van der Waals surface area contributed by atoms with Crippen LogP contribution in [0.25, 0.3) is 0 Å². The molecule has 0 aromatic carbocycles. The van der Waals surface area contributed by atoms with Crippen LogP contribution in [0, 0.1) is 0 Å². The number of rotatable bonds is 4. The molecule has 0 aliphatic rings. The molecule has 1 aromatic rings. The number of methoxy groups -OCH3 is 1. The van der Waals surface area contributed by atoms with Gasteiger partial charge in [-0.15, -0.1) is 24.8 Å². The van der Waals surface area contributed by atoms with Gasteiger partial charge < -0.3 is 9.47 Å². The minimum Gasteiger partial charge on any atom is -0.465 e. The molecule has 1 aromatic heterocycles. The van der Waals surface area contributed by atoms with Crippen LogP contribution in [0.1, 0.15) is 28.0 Å². The number of nitrogens with zero attached hydrogens (tertiary/aromatic N) is 1. The predicted molar refractivity (Wildman–Crippen MR) is 56.8 cm³/mol. The van der Waals surface area contributed by atoms with Crippen molar-refractivity contribution in [3.63, 3.8) is 0 Å². The van der Waals surface area contributed by atoms with Crippen LogP contribution in [0.3, 0.4) is 0 Å². The molecule has 0 aliphatic carbocycles. The van der Waals surface area contributed by atoms with Crippen molar-refractivity contribution in [2.45, 2.75) is 18.7 Å². The van der Waals surface area contributed by atoms with Gasteiger partial charge in [-0.25, -0.2) is 13.6 Å². The van der Waals surface area contributed by atoms with Gasteiger partial charge >= 0.3 is 12.3 Å². The molecular formula is C10H7ClF5NO3. The van der Waals surface area contributed by atoms with Crippen molar-refractivity contribution in [2.24, 2.45) is 0 Å². The Morgan fingerprint density at radius 3 is 2.45 bits per heavy atom. The number of ether oxygens (including phenoxy) is 2. The summed E-state index contributed by atoms with van der Waals surface area (Å²) in [5.41, 5.74) is -2.43. The molecule has 0 radical (unpaired) electrons. The molecule has 0 amide bonds. The summed E-state index contributed by atoms with van der Waals surface area (Å²) in [4.78, 5) is 14.8. The zero-order valence-corrected chi connectivity index (χ0v) is 10.6. The molecule has 0 aliphatic heterocycles. The summed E-state index contributed by atoms with van der Waals surface area (Å²) in [7, 11) is 0.882. The molecule has 4 nitrogen and oxygen atoms in total. The van der Waals surface area contributed by atoms with Gasteiger partial charge in [-0.1, -0.05) is 0 Å². The molecule has 0 atom stereocenters. The van der Waals surface area contributed by atoms with Gasteiger partial charge in [-0.3, -0.25) is 4.98 Å². The summed E-state index contributed by atoms with van der Waals surface area (Å²) in [6.07, 6.45) is -8.19. The zero-order valence-electron chi connectivity index (χ0n) is 9.80. The molecule has 0 saturated heterocycles. The van der Waals surface area contributed by atoms with Crippen molar-refractivity contribution in [1.29, 1.82) is 0 Å². The molecule has 0 saturated carbocycles. The highest BCUT2D eigenvalue weighted by Crippen LogP contribution is 2.36. The van der Waals surface area contributed by atoms with Crippen LogP contribution < -0.4 is 4.74 Å². The van der Waals surface area contributed by atoms with Gasteiger partial charge in [0.2, 0.25) is 0 Å². The van der Waals surface area contributed by atoms with Crippen LogP contribution in [0.2, 0.25) is 0 Å². The molecule has 0 spiro atoms. The first-order valence-electron chi connectivity index (χ1n) is 4.91. The average Bonchev–Trinajstić information content (AvgIpc) is 2.34. The van der Waals surface area contributed by atoms with Crippen LogP contribution in [0.15, 0.2) is 6.20 Å². The van der Waals surface area contributed by atoms with Gasteiger partial charge in [-0.2, -0.15) is 0 Å². The second-order valence-corrected chi connectivity index (χ2v) is 3.60. The summed E-state index contributed by atoms with van der Waals surface area (Å²) in [6, 6.07) is 0.